The highest BCUT2D eigenvalue weighted by molar-refractivity contribution is 6.30. The summed E-state index contributed by atoms with van der Waals surface area (Å²) in [7, 11) is 0. The molecule has 3 rings (SSSR count). The molecule has 1 fully saturated rings. The molecular weight excluding hydrogens is 350 g/mol. The molecule has 0 bridgehead atoms. The molecule has 1 atom stereocenters. The van der Waals surface area contributed by atoms with Gasteiger partial charge in [-0.05, 0) is 61.6 Å². The number of H-pyrrole nitrogens is 1. The van der Waals surface area contributed by atoms with Crippen molar-refractivity contribution in [3.63, 3.8) is 0 Å². The van der Waals surface area contributed by atoms with Crippen LogP contribution < -0.4 is 5.73 Å². The largest absolute Gasteiger partial charge is 0.355 e. The van der Waals surface area contributed by atoms with Gasteiger partial charge in [-0.25, -0.2) is 0 Å². The summed E-state index contributed by atoms with van der Waals surface area (Å²) < 4.78 is 0. The molecule has 0 aliphatic carbocycles. The molecule has 1 aliphatic heterocycles. The van der Waals surface area contributed by atoms with Crippen LogP contribution in [-0.4, -0.2) is 34.2 Å². The quantitative estimate of drug-likeness (QED) is 0.815. The summed E-state index contributed by atoms with van der Waals surface area (Å²) in [4.78, 5) is 30.3. The summed E-state index contributed by atoms with van der Waals surface area (Å²) in [5.74, 6) is 0.00132. The van der Waals surface area contributed by atoms with Crippen LogP contribution in [-0.2, 0) is 17.8 Å². The molecule has 0 saturated carbocycles. The fourth-order valence-electron chi connectivity index (χ4n) is 3.58. The van der Waals surface area contributed by atoms with Crippen molar-refractivity contribution < 1.29 is 9.59 Å². The van der Waals surface area contributed by atoms with Gasteiger partial charge in [0, 0.05) is 30.2 Å². The Balaban J connectivity index is 1.67. The number of amides is 1. The number of Topliss-reactive ketones (excluding diaryl/α,β-unsaturated/α-hetero) is 1. The Bertz CT molecular complexity index is 815. The minimum atomic E-state index is -0.341. The van der Waals surface area contributed by atoms with Gasteiger partial charge in [0.1, 0.15) is 5.69 Å². The van der Waals surface area contributed by atoms with Gasteiger partial charge in [0.25, 0.3) is 5.91 Å². The molecule has 138 valence electrons. The van der Waals surface area contributed by atoms with E-state index in [-0.39, 0.29) is 17.7 Å². The van der Waals surface area contributed by atoms with Crippen LogP contribution in [0.5, 0.6) is 0 Å². The summed E-state index contributed by atoms with van der Waals surface area (Å²) in [6, 6.07) is 8.89. The topological polar surface area (TPSA) is 79.2 Å². The van der Waals surface area contributed by atoms with Crippen LogP contribution in [0.3, 0.4) is 0 Å². The van der Waals surface area contributed by atoms with Gasteiger partial charge in [0.15, 0.2) is 5.78 Å². The number of nitrogens with two attached hydrogens (primary N) is 1. The lowest BCUT2D eigenvalue weighted by molar-refractivity contribution is -0.122. The Hall–Kier alpha value is -2.11. The molecule has 1 amide bonds. The number of nitrogens with one attached hydrogen (secondary N) is 1. The van der Waals surface area contributed by atoms with E-state index in [1.165, 1.54) is 0 Å². The van der Waals surface area contributed by atoms with E-state index >= 15 is 0 Å². The zero-order chi connectivity index (χ0) is 18.7. The van der Waals surface area contributed by atoms with E-state index < -0.39 is 0 Å². The van der Waals surface area contributed by atoms with Gasteiger partial charge in [-0.1, -0.05) is 17.7 Å². The van der Waals surface area contributed by atoms with E-state index in [1.807, 2.05) is 31.2 Å². The molecule has 1 aliphatic rings. The van der Waals surface area contributed by atoms with E-state index in [0.29, 0.717) is 36.6 Å². The molecular formula is C20H24ClN3O2. The Morgan fingerprint density at radius 1 is 1.27 bits per heavy atom. The molecule has 1 aromatic heterocycles. The van der Waals surface area contributed by atoms with E-state index in [1.54, 1.807) is 11.0 Å². The third kappa shape index (κ3) is 4.00. The summed E-state index contributed by atoms with van der Waals surface area (Å²) in [5, 5.41) is 0.643. The molecule has 6 heteroatoms. The molecule has 0 radical (unpaired) electrons. The van der Waals surface area contributed by atoms with Gasteiger partial charge in [0.05, 0.1) is 6.04 Å². The van der Waals surface area contributed by atoms with Crippen molar-refractivity contribution in [3.05, 3.63) is 57.9 Å². The number of nitrogens with zero attached hydrogens (tertiary/aromatic N) is 1. The summed E-state index contributed by atoms with van der Waals surface area (Å²) in [6.45, 7) is 2.95. The molecule has 0 spiro atoms. The number of aromatic amines is 1. The fraction of sp³-hybridized carbons (Fsp3) is 0.400. The molecule has 26 heavy (non-hydrogen) atoms. The summed E-state index contributed by atoms with van der Waals surface area (Å²) >= 11 is 6.07. The van der Waals surface area contributed by atoms with Crippen LogP contribution in [0.15, 0.2) is 30.3 Å². The number of hydrogen-bond acceptors (Lipinski definition) is 3. The Labute approximate surface area is 158 Å². The number of halogens is 1. The maximum atomic E-state index is 12.8. The first-order valence-electron chi connectivity index (χ1n) is 8.96. The average Bonchev–Trinajstić information content (AvgIpc) is 3.28. The van der Waals surface area contributed by atoms with Crippen LogP contribution in [0.2, 0.25) is 5.02 Å². The van der Waals surface area contributed by atoms with Crippen molar-refractivity contribution in [2.75, 3.05) is 6.54 Å². The van der Waals surface area contributed by atoms with Crippen LogP contribution >= 0.6 is 11.6 Å². The van der Waals surface area contributed by atoms with Gasteiger partial charge in [-0.2, -0.15) is 0 Å². The molecule has 0 unspecified atom stereocenters. The van der Waals surface area contributed by atoms with E-state index in [0.717, 1.165) is 29.7 Å². The highest BCUT2D eigenvalue weighted by Gasteiger charge is 2.34. The maximum absolute atomic E-state index is 12.8. The second-order valence-electron chi connectivity index (χ2n) is 6.80. The lowest BCUT2D eigenvalue weighted by Crippen LogP contribution is -2.40. The van der Waals surface area contributed by atoms with E-state index in [4.69, 9.17) is 17.3 Å². The summed E-state index contributed by atoms with van der Waals surface area (Å²) in [6.07, 6.45) is 2.55. The lowest BCUT2D eigenvalue weighted by Gasteiger charge is -2.23. The highest BCUT2D eigenvalue weighted by atomic mass is 35.5. The van der Waals surface area contributed by atoms with Gasteiger partial charge < -0.3 is 15.6 Å². The number of carbonyl (C=O) groups is 2. The van der Waals surface area contributed by atoms with Crippen LogP contribution in [0.25, 0.3) is 0 Å². The number of carbonyl (C=O) groups excluding carboxylic acids is 2. The zero-order valence-corrected chi connectivity index (χ0v) is 15.7. The monoisotopic (exact) mass is 373 g/mol. The SMILES string of the molecule is Cc1ccc(C(=O)N2CCC[C@H]2C(=O)CCc2cc(Cl)ccc2CN)[nH]1. The number of aryl methyl sites for hydroxylation is 2. The molecule has 2 heterocycles. The first kappa shape index (κ1) is 18.7. The van der Waals surface area contributed by atoms with Crippen molar-refractivity contribution in [2.45, 2.75) is 45.2 Å². The third-order valence-corrected chi connectivity index (χ3v) is 5.21. The van der Waals surface area contributed by atoms with Crippen LogP contribution in [0.4, 0.5) is 0 Å². The smallest absolute Gasteiger partial charge is 0.270 e. The normalized spacial score (nSPS) is 16.9. The first-order valence-corrected chi connectivity index (χ1v) is 9.34. The summed E-state index contributed by atoms with van der Waals surface area (Å²) in [5.41, 5.74) is 9.26. The minimum absolute atomic E-state index is 0.0978. The number of rotatable bonds is 6. The average molecular weight is 374 g/mol. The molecule has 2 aromatic rings. The molecule has 3 N–H and O–H groups in total. The molecule has 1 saturated heterocycles. The van der Waals surface area contributed by atoms with Crippen molar-refractivity contribution in [1.29, 1.82) is 0 Å². The number of ketones is 1. The predicted molar refractivity (Wildman–Crippen MR) is 102 cm³/mol. The first-order chi connectivity index (χ1) is 12.5. The number of hydrogen-bond donors (Lipinski definition) is 2. The molecule has 1 aromatic carbocycles. The van der Waals surface area contributed by atoms with Crippen molar-refractivity contribution in [2.24, 2.45) is 5.73 Å². The predicted octanol–water partition coefficient (Wildman–Crippen LogP) is 3.24. The van der Waals surface area contributed by atoms with Crippen LogP contribution in [0, 0.1) is 6.92 Å². The fourth-order valence-corrected chi connectivity index (χ4v) is 3.77. The van der Waals surface area contributed by atoms with E-state index in [9.17, 15) is 9.59 Å². The second-order valence-corrected chi connectivity index (χ2v) is 7.23. The van der Waals surface area contributed by atoms with Crippen molar-refractivity contribution in [3.8, 4) is 0 Å². The number of benzene rings is 1. The standard InChI is InChI=1S/C20H24ClN3O2/c1-13-4-8-17(23-13)20(26)24-10-2-3-18(24)19(25)9-6-14-11-16(21)7-5-15(14)12-22/h4-5,7-8,11,18,23H,2-3,6,9-10,12,22H2,1H3/t18-/m0/s1. The highest BCUT2D eigenvalue weighted by Crippen LogP contribution is 2.23. The Morgan fingerprint density at radius 2 is 2.08 bits per heavy atom. The third-order valence-electron chi connectivity index (χ3n) is 4.98. The molecule has 5 nitrogen and oxygen atoms in total. The van der Waals surface area contributed by atoms with Gasteiger partial charge in [0.2, 0.25) is 0 Å². The van der Waals surface area contributed by atoms with Gasteiger partial charge >= 0.3 is 0 Å². The van der Waals surface area contributed by atoms with Crippen molar-refractivity contribution in [1.82, 2.24) is 9.88 Å². The van der Waals surface area contributed by atoms with Crippen LogP contribution in [0.1, 0.15) is 46.6 Å². The Kier molecular flexibility index (Phi) is 5.79. The minimum Gasteiger partial charge on any atom is -0.355 e. The van der Waals surface area contributed by atoms with E-state index in [2.05, 4.69) is 4.98 Å². The maximum Gasteiger partial charge on any atom is 0.270 e. The van der Waals surface area contributed by atoms with Crippen molar-refractivity contribution >= 4 is 23.3 Å². The number of aromatic nitrogens is 1. The van der Waals surface area contributed by atoms with Gasteiger partial charge in [-0.15, -0.1) is 0 Å². The zero-order valence-electron chi connectivity index (χ0n) is 14.9. The van der Waals surface area contributed by atoms with Gasteiger partial charge in [-0.3, -0.25) is 9.59 Å². The lowest BCUT2D eigenvalue weighted by atomic mass is 9.98. The number of likely N-dealkylation sites (tertiary alicyclic amines) is 1. The second kappa shape index (κ2) is 8.06. The Morgan fingerprint density at radius 3 is 2.77 bits per heavy atom.